The minimum Gasteiger partial charge on any atom is -0.422 e. The molecule has 0 spiro atoms. The standard InChI is InChI=1S/C22H16ClN3O2S/c1-2-11-26-19(18-12-16-5-3-4-6-20(16)28-21(18)27)14-29-22(26)25-24-13-15-7-9-17(23)10-8-15/h2-10,12-14H,1,11H2/b24-13+,25-22+. The van der Waals surface area contributed by atoms with Crippen LogP contribution < -0.4 is 10.4 Å². The molecule has 0 N–H and O–H groups in total. The number of rotatable bonds is 5. The highest BCUT2D eigenvalue weighted by molar-refractivity contribution is 7.07. The lowest BCUT2D eigenvalue weighted by Crippen LogP contribution is -2.17. The average Bonchev–Trinajstić information content (AvgIpc) is 3.11. The van der Waals surface area contributed by atoms with E-state index in [1.807, 2.05) is 46.3 Å². The summed E-state index contributed by atoms with van der Waals surface area (Å²) < 4.78 is 7.36. The number of fused-ring (bicyclic) bond motifs is 1. The quantitative estimate of drug-likeness (QED) is 0.195. The molecule has 0 fully saturated rings. The zero-order valence-corrected chi connectivity index (χ0v) is 16.9. The van der Waals surface area contributed by atoms with Gasteiger partial charge in [-0.25, -0.2) is 4.79 Å². The van der Waals surface area contributed by atoms with Crippen molar-refractivity contribution in [2.24, 2.45) is 10.2 Å². The fourth-order valence-corrected chi connectivity index (χ4v) is 3.86. The smallest absolute Gasteiger partial charge is 0.345 e. The number of thiazole rings is 1. The Bertz CT molecular complexity index is 1330. The Kier molecular flexibility index (Phi) is 5.55. The van der Waals surface area contributed by atoms with Crippen LogP contribution >= 0.6 is 22.9 Å². The van der Waals surface area contributed by atoms with Crippen LogP contribution in [0.4, 0.5) is 0 Å². The molecule has 5 nitrogen and oxygen atoms in total. The number of allylic oxidation sites excluding steroid dienone is 1. The Hall–Kier alpha value is -3.22. The van der Waals surface area contributed by atoms with Crippen molar-refractivity contribution in [3.63, 3.8) is 0 Å². The second kappa shape index (κ2) is 8.43. The Morgan fingerprint density at radius 2 is 1.97 bits per heavy atom. The summed E-state index contributed by atoms with van der Waals surface area (Å²) in [6, 6.07) is 16.6. The van der Waals surface area contributed by atoms with Crippen LogP contribution in [0.2, 0.25) is 5.02 Å². The highest BCUT2D eigenvalue weighted by Crippen LogP contribution is 2.21. The average molecular weight is 422 g/mol. The van der Waals surface area contributed by atoms with Gasteiger partial charge in [-0.1, -0.05) is 48.0 Å². The van der Waals surface area contributed by atoms with E-state index in [1.54, 1.807) is 30.5 Å². The Morgan fingerprint density at radius 3 is 2.76 bits per heavy atom. The number of halogens is 1. The van der Waals surface area contributed by atoms with Gasteiger partial charge >= 0.3 is 5.63 Å². The molecule has 2 aromatic carbocycles. The first-order valence-electron chi connectivity index (χ1n) is 8.81. The van der Waals surface area contributed by atoms with Crippen LogP contribution in [0.25, 0.3) is 22.2 Å². The van der Waals surface area contributed by atoms with E-state index in [9.17, 15) is 4.79 Å². The second-order valence-electron chi connectivity index (χ2n) is 6.18. The van der Waals surface area contributed by atoms with Gasteiger partial charge in [0.15, 0.2) is 0 Å². The van der Waals surface area contributed by atoms with E-state index < -0.39 is 5.63 Å². The fraction of sp³-hybridized carbons (Fsp3) is 0.0455. The maximum Gasteiger partial charge on any atom is 0.345 e. The molecular formula is C22H16ClN3O2S. The van der Waals surface area contributed by atoms with Gasteiger partial charge in [0.2, 0.25) is 4.80 Å². The van der Waals surface area contributed by atoms with Crippen molar-refractivity contribution in [3.8, 4) is 11.3 Å². The molecule has 0 amide bonds. The van der Waals surface area contributed by atoms with Crippen molar-refractivity contribution in [2.45, 2.75) is 6.54 Å². The highest BCUT2D eigenvalue weighted by atomic mass is 35.5. The van der Waals surface area contributed by atoms with E-state index >= 15 is 0 Å². The van der Waals surface area contributed by atoms with E-state index in [4.69, 9.17) is 16.0 Å². The first kappa shape index (κ1) is 19.1. The molecule has 144 valence electrons. The van der Waals surface area contributed by atoms with E-state index in [1.165, 1.54) is 11.3 Å². The van der Waals surface area contributed by atoms with Gasteiger partial charge in [-0.05, 0) is 29.8 Å². The number of aromatic nitrogens is 1. The summed E-state index contributed by atoms with van der Waals surface area (Å²) in [5.74, 6) is 0. The van der Waals surface area contributed by atoms with E-state index in [0.717, 1.165) is 16.6 Å². The van der Waals surface area contributed by atoms with Gasteiger partial charge in [0.1, 0.15) is 5.58 Å². The van der Waals surface area contributed by atoms with Crippen molar-refractivity contribution < 1.29 is 4.42 Å². The summed E-state index contributed by atoms with van der Waals surface area (Å²) in [5, 5.41) is 11.9. The maximum atomic E-state index is 12.6. The van der Waals surface area contributed by atoms with Crippen LogP contribution in [-0.4, -0.2) is 10.8 Å². The largest absolute Gasteiger partial charge is 0.422 e. The van der Waals surface area contributed by atoms with Crippen molar-refractivity contribution in [1.82, 2.24) is 4.57 Å². The van der Waals surface area contributed by atoms with Crippen LogP contribution in [0.1, 0.15) is 5.56 Å². The number of hydrogen-bond donors (Lipinski definition) is 0. The van der Waals surface area contributed by atoms with Crippen molar-refractivity contribution >= 4 is 40.1 Å². The molecule has 0 aliphatic carbocycles. The van der Waals surface area contributed by atoms with Crippen LogP contribution in [-0.2, 0) is 6.54 Å². The Balaban J connectivity index is 1.77. The van der Waals surface area contributed by atoms with Crippen LogP contribution in [0.15, 0.2) is 92.0 Å². The molecule has 2 aromatic heterocycles. The second-order valence-corrected chi connectivity index (χ2v) is 7.46. The molecule has 4 rings (SSSR count). The minimum atomic E-state index is -0.393. The summed E-state index contributed by atoms with van der Waals surface area (Å²) in [7, 11) is 0. The molecule has 7 heteroatoms. The molecule has 29 heavy (non-hydrogen) atoms. The van der Waals surface area contributed by atoms with Gasteiger partial charge in [-0.3, -0.25) is 0 Å². The molecule has 0 bridgehead atoms. The van der Waals surface area contributed by atoms with Gasteiger partial charge in [0.05, 0.1) is 17.5 Å². The highest BCUT2D eigenvalue weighted by Gasteiger charge is 2.13. The Labute approximate surface area is 175 Å². The third-order valence-electron chi connectivity index (χ3n) is 4.25. The number of hydrogen-bond acceptors (Lipinski definition) is 5. The molecule has 0 aliphatic rings. The van der Waals surface area contributed by atoms with Gasteiger partial charge in [0.25, 0.3) is 0 Å². The molecule has 0 saturated carbocycles. The number of para-hydroxylation sites is 1. The summed E-state index contributed by atoms with van der Waals surface area (Å²) in [6.07, 6.45) is 3.40. The monoisotopic (exact) mass is 421 g/mol. The normalized spacial score (nSPS) is 12.1. The summed E-state index contributed by atoms with van der Waals surface area (Å²) in [6.45, 7) is 4.30. The topological polar surface area (TPSA) is 59.9 Å². The predicted octanol–water partition coefficient (Wildman–Crippen LogP) is 5.10. The molecule has 2 heterocycles. The van der Waals surface area contributed by atoms with Crippen LogP contribution in [0.3, 0.4) is 0 Å². The maximum absolute atomic E-state index is 12.6. The predicted molar refractivity (Wildman–Crippen MR) is 119 cm³/mol. The lowest BCUT2D eigenvalue weighted by Gasteiger charge is -2.06. The third-order valence-corrected chi connectivity index (χ3v) is 5.35. The van der Waals surface area contributed by atoms with Crippen LogP contribution in [0.5, 0.6) is 0 Å². The molecule has 4 aromatic rings. The molecular weight excluding hydrogens is 406 g/mol. The minimum absolute atomic E-state index is 0.393. The van der Waals surface area contributed by atoms with Gasteiger partial charge in [-0.2, -0.15) is 5.10 Å². The SMILES string of the molecule is C=CCn1c(-c2cc3ccccc3oc2=O)cs/c1=N/N=C/c1ccc(Cl)cc1. The van der Waals surface area contributed by atoms with Gasteiger partial charge in [-0.15, -0.1) is 23.0 Å². The van der Waals surface area contributed by atoms with E-state index in [2.05, 4.69) is 16.8 Å². The van der Waals surface area contributed by atoms with Gasteiger partial charge < -0.3 is 8.98 Å². The van der Waals surface area contributed by atoms with Gasteiger partial charge in [0, 0.05) is 22.3 Å². The fourth-order valence-electron chi connectivity index (χ4n) is 2.87. The molecule has 0 radical (unpaired) electrons. The first-order valence-corrected chi connectivity index (χ1v) is 10.1. The zero-order chi connectivity index (χ0) is 20.2. The molecule has 0 unspecified atom stereocenters. The molecule has 0 saturated heterocycles. The van der Waals surface area contributed by atoms with E-state index in [0.29, 0.717) is 27.5 Å². The summed E-state index contributed by atoms with van der Waals surface area (Å²) in [5.41, 5.74) is 2.25. The lowest BCUT2D eigenvalue weighted by molar-refractivity contribution is 0.562. The number of benzene rings is 2. The third kappa shape index (κ3) is 4.13. The van der Waals surface area contributed by atoms with Crippen molar-refractivity contribution in [3.05, 3.63) is 98.4 Å². The van der Waals surface area contributed by atoms with Crippen molar-refractivity contribution in [2.75, 3.05) is 0 Å². The number of nitrogens with zero attached hydrogens (tertiary/aromatic N) is 3. The summed E-state index contributed by atoms with van der Waals surface area (Å²) in [4.78, 5) is 13.2. The zero-order valence-electron chi connectivity index (χ0n) is 15.3. The first-order chi connectivity index (χ1) is 14.2. The summed E-state index contributed by atoms with van der Waals surface area (Å²) >= 11 is 7.29. The van der Waals surface area contributed by atoms with Crippen LogP contribution in [0, 0.1) is 0 Å². The van der Waals surface area contributed by atoms with E-state index in [-0.39, 0.29) is 0 Å². The molecule has 0 aliphatic heterocycles. The van der Waals surface area contributed by atoms with Crippen molar-refractivity contribution in [1.29, 1.82) is 0 Å². The lowest BCUT2D eigenvalue weighted by atomic mass is 10.1. The Morgan fingerprint density at radius 1 is 1.17 bits per heavy atom. The molecule has 0 atom stereocenters.